The molecular formula is C27H34N4O4. The van der Waals surface area contributed by atoms with Crippen LogP contribution < -0.4 is 9.47 Å². The fraction of sp³-hybridized carbons (Fsp3) is 0.444. The molecule has 2 heterocycles. The number of piperazine rings is 1. The molecule has 0 spiro atoms. The van der Waals surface area contributed by atoms with Crippen LogP contribution in [0.4, 0.5) is 0 Å². The highest BCUT2D eigenvalue weighted by Crippen LogP contribution is 2.23. The van der Waals surface area contributed by atoms with Gasteiger partial charge < -0.3 is 18.9 Å². The van der Waals surface area contributed by atoms with Crippen molar-refractivity contribution in [3.8, 4) is 22.9 Å². The van der Waals surface area contributed by atoms with E-state index in [0.717, 1.165) is 68.2 Å². The summed E-state index contributed by atoms with van der Waals surface area (Å²) in [4.78, 5) is 21.6. The fourth-order valence-electron chi connectivity index (χ4n) is 4.27. The fourth-order valence-corrected chi connectivity index (χ4v) is 4.27. The van der Waals surface area contributed by atoms with Gasteiger partial charge in [-0.3, -0.25) is 9.69 Å². The van der Waals surface area contributed by atoms with Crippen molar-refractivity contribution in [3.63, 3.8) is 0 Å². The Morgan fingerprint density at radius 1 is 0.971 bits per heavy atom. The molecule has 1 amide bonds. The number of hydrogen-bond acceptors (Lipinski definition) is 7. The lowest BCUT2D eigenvalue weighted by atomic mass is 10.1. The van der Waals surface area contributed by atoms with Gasteiger partial charge in [-0.05, 0) is 44.0 Å². The second-order valence-corrected chi connectivity index (χ2v) is 8.92. The molecule has 8 heteroatoms. The maximum atomic E-state index is 12.7. The van der Waals surface area contributed by atoms with Crippen LogP contribution in [0.2, 0.25) is 0 Å². The quantitative estimate of drug-likeness (QED) is 0.439. The molecule has 186 valence electrons. The number of ether oxygens (including phenoxy) is 2. The van der Waals surface area contributed by atoms with E-state index in [2.05, 4.69) is 22.0 Å². The van der Waals surface area contributed by atoms with Crippen LogP contribution in [0.5, 0.6) is 11.5 Å². The summed E-state index contributed by atoms with van der Waals surface area (Å²) in [7, 11) is 3.27. The second-order valence-electron chi connectivity index (χ2n) is 8.92. The van der Waals surface area contributed by atoms with E-state index >= 15 is 0 Å². The summed E-state index contributed by atoms with van der Waals surface area (Å²) < 4.78 is 16.1. The Labute approximate surface area is 206 Å². The highest BCUT2D eigenvalue weighted by atomic mass is 16.5. The SMILES string of the molecule is COc1cc(CCC(=O)N2CCN(CCCc3nc(-c4ccc(C)cc4)no3)CC2)cc(OC)c1. The number of methoxy groups -OCH3 is 2. The summed E-state index contributed by atoms with van der Waals surface area (Å²) in [6.07, 6.45) is 2.85. The number of amides is 1. The highest BCUT2D eigenvalue weighted by Gasteiger charge is 2.21. The Bertz CT molecular complexity index is 1080. The van der Waals surface area contributed by atoms with Crippen molar-refractivity contribution in [2.45, 2.75) is 32.6 Å². The van der Waals surface area contributed by atoms with Gasteiger partial charge in [0.05, 0.1) is 14.2 Å². The van der Waals surface area contributed by atoms with E-state index in [-0.39, 0.29) is 5.91 Å². The molecule has 1 aliphatic heterocycles. The molecule has 0 unspecified atom stereocenters. The smallest absolute Gasteiger partial charge is 0.227 e. The van der Waals surface area contributed by atoms with E-state index in [1.54, 1.807) is 14.2 Å². The third kappa shape index (κ3) is 6.82. The number of hydrogen-bond donors (Lipinski definition) is 0. The average Bonchev–Trinajstić information content (AvgIpc) is 3.36. The van der Waals surface area contributed by atoms with Gasteiger partial charge in [0.15, 0.2) is 0 Å². The van der Waals surface area contributed by atoms with E-state index in [1.165, 1.54) is 5.56 Å². The Morgan fingerprint density at radius 3 is 2.31 bits per heavy atom. The molecule has 2 aromatic carbocycles. The molecule has 1 saturated heterocycles. The minimum Gasteiger partial charge on any atom is -0.497 e. The Balaban J connectivity index is 1.17. The van der Waals surface area contributed by atoms with Gasteiger partial charge in [0.2, 0.25) is 17.6 Å². The summed E-state index contributed by atoms with van der Waals surface area (Å²) in [5.74, 6) is 2.99. The zero-order valence-electron chi connectivity index (χ0n) is 20.8. The Hall–Kier alpha value is -3.39. The van der Waals surface area contributed by atoms with E-state index in [9.17, 15) is 4.79 Å². The molecule has 4 rings (SSSR count). The third-order valence-corrected chi connectivity index (χ3v) is 6.41. The summed E-state index contributed by atoms with van der Waals surface area (Å²) in [6.45, 7) is 6.31. The lowest BCUT2D eigenvalue weighted by molar-refractivity contribution is -0.132. The molecule has 1 fully saturated rings. The number of nitrogens with zero attached hydrogens (tertiary/aromatic N) is 4. The van der Waals surface area contributed by atoms with Crippen LogP contribution in [0, 0.1) is 6.92 Å². The molecule has 0 saturated carbocycles. The number of benzene rings is 2. The van der Waals surface area contributed by atoms with Gasteiger partial charge in [0.25, 0.3) is 0 Å². The van der Waals surface area contributed by atoms with E-state index in [1.807, 2.05) is 47.4 Å². The lowest BCUT2D eigenvalue weighted by Gasteiger charge is -2.34. The highest BCUT2D eigenvalue weighted by molar-refractivity contribution is 5.76. The number of aromatic nitrogens is 2. The molecule has 1 aromatic heterocycles. The van der Waals surface area contributed by atoms with E-state index < -0.39 is 0 Å². The van der Waals surface area contributed by atoms with Crippen molar-refractivity contribution < 1.29 is 18.8 Å². The van der Waals surface area contributed by atoms with Crippen LogP contribution in [0.25, 0.3) is 11.4 Å². The Kier molecular flexibility index (Phi) is 8.36. The van der Waals surface area contributed by atoms with Crippen LogP contribution in [0.15, 0.2) is 47.0 Å². The number of carbonyl (C=O) groups is 1. The lowest BCUT2D eigenvalue weighted by Crippen LogP contribution is -2.48. The zero-order chi connectivity index (χ0) is 24.6. The van der Waals surface area contributed by atoms with Crippen LogP contribution in [0.3, 0.4) is 0 Å². The van der Waals surface area contributed by atoms with Crippen molar-refractivity contribution >= 4 is 5.91 Å². The van der Waals surface area contributed by atoms with Crippen molar-refractivity contribution in [1.82, 2.24) is 19.9 Å². The summed E-state index contributed by atoms with van der Waals surface area (Å²) >= 11 is 0. The van der Waals surface area contributed by atoms with Gasteiger partial charge in [-0.2, -0.15) is 4.98 Å². The molecule has 1 aliphatic rings. The number of aryl methyl sites for hydroxylation is 3. The van der Waals surface area contributed by atoms with E-state index in [0.29, 0.717) is 24.6 Å². The van der Waals surface area contributed by atoms with Gasteiger partial charge in [-0.1, -0.05) is 35.0 Å². The normalized spacial score (nSPS) is 14.2. The molecule has 0 bridgehead atoms. The van der Waals surface area contributed by atoms with Crippen molar-refractivity contribution in [2.24, 2.45) is 0 Å². The first kappa shape index (κ1) is 24.7. The Morgan fingerprint density at radius 2 is 1.66 bits per heavy atom. The van der Waals surface area contributed by atoms with Crippen LogP contribution in [-0.4, -0.2) is 72.8 Å². The van der Waals surface area contributed by atoms with Crippen molar-refractivity contribution in [1.29, 1.82) is 0 Å². The molecule has 35 heavy (non-hydrogen) atoms. The number of carbonyl (C=O) groups excluding carboxylic acids is 1. The summed E-state index contributed by atoms with van der Waals surface area (Å²) in [5, 5.41) is 4.11. The first-order valence-corrected chi connectivity index (χ1v) is 12.2. The van der Waals surface area contributed by atoms with Crippen LogP contribution in [0.1, 0.15) is 29.9 Å². The van der Waals surface area contributed by atoms with Crippen molar-refractivity contribution in [3.05, 3.63) is 59.5 Å². The first-order chi connectivity index (χ1) is 17.0. The summed E-state index contributed by atoms with van der Waals surface area (Å²) in [5.41, 5.74) is 3.22. The molecular weight excluding hydrogens is 444 g/mol. The maximum Gasteiger partial charge on any atom is 0.227 e. The molecule has 3 aromatic rings. The third-order valence-electron chi connectivity index (χ3n) is 6.41. The molecule has 0 aliphatic carbocycles. The predicted molar refractivity (Wildman–Crippen MR) is 134 cm³/mol. The topological polar surface area (TPSA) is 80.9 Å². The molecule has 0 radical (unpaired) electrons. The monoisotopic (exact) mass is 478 g/mol. The number of rotatable bonds is 10. The molecule has 8 nitrogen and oxygen atoms in total. The van der Waals surface area contributed by atoms with Crippen LogP contribution >= 0.6 is 0 Å². The average molecular weight is 479 g/mol. The molecule has 0 atom stereocenters. The van der Waals surface area contributed by atoms with Crippen LogP contribution in [-0.2, 0) is 17.6 Å². The van der Waals surface area contributed by atoms with Gasteiger partial charge >= 0.3 is 0 Å². The minimum absolute atomic E-state index is 0.195. The largest absolute Gasteiger partial charge is 0.497 e. The standard InChI is InChI=1S/C27H34N4O4/c1-20-6-9-22(10-7-20)27-28-25(35-29-27)5-4-12-30-13-15-31(16-14-30)26(32)11-8-21-17-23(33-2)19-24(18-21)34-3/h6-7,9-10,17-19H,4-5,8,11-16H2,1-3H3. The van der Waals surface area contributed by atoms with Gasteiger partial charge in [0.1, 0.15) is 11.5 Å². The van der Waals surface area contributed by atoms with Gasteiger partial charge in [-0.25, -0.2) is 0 Å². The maximum absolute atomic E-state index is 12.7. The van der Waals surface area contributed by atoms with Gasteiger partial charge in [0, 0.05) is 50.7 Å². The molecule has 0 N–H and O–H groups in total. The minimum atomic E-state index is 0.195. The van der Waals surface area contributed by atoms with E-state index in [4.69, 9.17) is 14.0 Å². The first-order valence-electron chi connectivity index (χ1n) is 12.2. The zero-order valence-corrected chi connectivity index (χ0v) is 20.8. The summed E-state index contributed by atoms with van der Waals surface area (Å²) in [6, 6.07) is 13.9. The van der Waals surface area contributed by atoms with Crippen molar-refractivity contribution in [2.75, 3.05) is 46.9 Å². The predicted octanol–water partition coefficient (Wildman–Crippen LogP) is 3.77. The second kappa shape index (κ2) is 11.8. The van der Waals surface area contributed by atoms with Gasteiger partial charge in [-0.15, -0.1) is 0 Å².